The highest BCUT2D eigenvalue weighted by Gasteiger charge is 2.54. The van der Waals surface area contributed by atoms with E-state index in [0.29, 0.717) is 0 Å². The number of hydrogen-bond donors (Lipinski definition) is 1. The Kier molecular flexibility index (Phi) is 4.48. The molecule has 0 aromatic heterocycles. The summed E-state index contributed by atoms with van der Waals surface area (Å²) in [6.07, 6.45) is -0.244. The van der Waals surface area contributed by atoms with E-state index in [0.717, 1.165) is 19.6 Å². The van der Waals surface area contributed by atoms with Crippen LogP contribution in [0, 0.1) is 5.92 Å². The van der Waals surface area contributed by atoms with Crippen molar-refractivity contribution in [1.82, 2.24) is 4.90 Å². The van der Waals surface area contributed by atoms with Gasteiger partial charge in [0.05, 0.1) is 29.5 Å². The molecule has 2 heterocycles. The van der Waals surface area contributed by atoms with Crippen LogP contribution in [-0.2, 0) is 14.2 Å². The molecule has 2 aliphatic heterocycles. The maximum Gasteiger partial charge on any atom is 0.0971 e. The minimum absolute atomic E-state index is 0.0885. The third-order valence-electron chi connectivity index (χ3n) is 4.86. The van der Waals surface area contributed by atoms with E-state index in [2.05, 4.69) is 18.7 Å². The van der Waals surface area contributed by atoms with Gasteiger partial charge in [-0.25, -0.2) is 0 Å². The van der Waals surface area contributed by atoms with Crippen molar-refractivity contribution in [2.24, 2.45) is 5.92 Å². The maximum atomic E-state index is 10.5. The van der Waals surface area contributed by atoms with Gasteiger partial charge in [0.2, 0.25) is 0 Å². The number of ether oxygens (including phenoxy) is 3. The minimum Gasteiger partial charge on any atom is -0.390 e. The lowest BCUT2D eigenvalue weighted by Gasteiger charge is -2.30. The Balaban J connectivity index is 2.03. The van der Waals surface area contributed by atoms with Crippen LogP contribution in [0.1, 0.15) is 27.7 Å². The molecule has 0 bridgehead atoms. The molecule has 0 aromatic carbocycles. The molecule has 0 aliphatic carbocycles. The van der Waals surface area contributed by atoms with Gasteiger partial charge in [0.25, 0.3) is 0 Å². The van der Waals surface area contributed by atoms with E-state index < -0.39 is 11.7 Å². The molecule has 4 atom stereocenters. The average Bonchev–Trinajstić information content (AvgIpc) is 2.81. The molecule has 5 heteroatoms. The van der Waals surface area contributed by atoms with Crippen LogP contribution in [-0.4, -0.2) is 73.4 Å². The van der Waals surface area contributed by atoms with Gasteiger partial charge in [-0.2, -0.15) is 0 Å². The van der Waals surface area contributed by atoms with E-state index in [9.17, 15) is 5.11 Å². The quantitative estimate of drug-likeness (QED) is 0.832. The molecule has 0 radical (unpaired) electrons. The van der Waals surface area contributed by atoms with Crippen molar-refractivity contribution in [3.63, 3.8) is 0 Å². The van der Waals surface area contributed by atoms with Crippen LogP contribution >= 0.6 is 0 Å². The van der Waals surface area contributed by atoms with E-state index in [1.165, 1.54) is 0 Å². The first kappa shape index (κ1) is 16.2. The third kappa shape index (κ3) is 2.88. The van der Waals surface area contributed by atoms with Crippen molar-refractivity contribution in [2.45, 2.75) is 57.2 Å². The molecule has 2 rings (SSSR count). The Morgan fingerprint density at radius 2 is 1.55 bits per heavy atom. The van der Waals surface area contributed by atoms with Gasteiger partial charge in [-0.05, 0) is 27.7 Å². The topological polar surface area (TPSA) is 51.2 Å². The highest BCUT2D eigenvalue weighted by atomic mass is 16.5. The third-order valence-corrected chi connectivity index (χ3v) is 4.86. The summed E-state index contributed by atoms with van der Waals surface area (Å²) in [4.78, 5) is 2.31. The van der Waals surface area contributed by atoms with E-state index >= 15 is 0 Å². The second kappa shape index (κ2) is 5.54. The average molecular weight is 287 g/mol. The maximum absolute atomic E-state index is 10.5. The van der Waals surface area contributed by atoms with Crippen molar-refractivity contribution < 1.29 is 19.3 Å². The van der Waals surface area contributed by atoms with Crippen LogP contribution < -0.4 is 0 Å². The van der Waals surface area contributed by atoms with Crippen LogP contribution in [0.25, 0.3) is 0 Å². The highest BCUT2D eigenvalue weighted by Crippen LogP contribution is 2.42. The molecular formula is C15H29NO4. The Morgan fingerprint density at radius 3 is 1.90 bits per heavy atom. The Hall–Kier alpha value is -0.200. The molecule has 118 valence electrons. The zero-order chi connectivity index (χ0) is 15.1. The predicted molar refractivity (Wildman–Crippen MR) is 76.8 cm³/mol. The zero-order valence-corrected chi connectivity index (χ0v) is 13.5. The number of methoxy groups -OCH3 is 2. The summed E-state index contributed by atoms with van der Waals surface area (Å²) in [5.74, 6) is 0.0885. The minimum atomic E-state index is -0.491. The number of likely N-dealkylation sites (tertiary alicyclic amines) is 1. The first-order chi connectivity index (χ1) is 9.21. The number of rotatable bonds is 4. The monoisotopic (exact) mass is 287 g/mol. The molecule has 0 amide bonds. The van der Waals surface area contributed by atoms with Crippen LogP contribution in [0.15, 0.2) is 0 Å². The van der Waals surface area contributed by atoms with Gasteiger partial charge in [-0.3, -0.25) is 4.90 Å². The summed E-state index contributed by atoms with van der Waals surface area (Å²) in [6, 6.07) is 0. The van der Waals surface area contributed by atoms with Crippen LogP contribution in [0.5, 0.6) is 0 Å². The predicted octanol–water partition coefficient (Wildman–Crippen LogP) is 0.897. The summed E-state index contributed by atoms with van der Waals surface area (Å²) < 4.78 is 17.0. The fourth-order valence-electron chi connectivity index (χ4n) is 3.70. The fraction of sp³-hybridized carbons (Fsp3) is 1.00. The van der Waals surface area contributed by atoms with Gasteiger partial charge in [0.15, 0.2) is 0 Å². The van der Waals surface area contributed by atoms with E-state index in [1.54, 1.807) is 14.2 Å². The van der Waals surface area contributed by atoms with Gasteiger partial charge in [-0.1, -0.05) is 0 Å². The van der Waals surface area contributed by atoms with Crippen LogP contribution in [0.4, 0.5) is 0 Å². The normalized spacial score (nSPS) is 40.4. The number of aliphatic hydroxyl groups is 1. The molecule has 0 spiro atoms. The van der Waals surface area contributed by atoms with Crippen LogP contribution in [0.2, 0.25) is 0 Å². The van der Waals surface area contributed by atoms with E-state index in [-0.39, 0.29) is 23.7 Å². The molecule has 4 unspecified atom stereocenters. The van der Waals surface area contributed by atoms with Crippen LogP contribution in [0.3, 0.4) is 0 Å². The van der Waals surface area contributed by atoms with Gasteiger partial charge in [0, 0.05) is 39.8 Å². The molecule has 1 N–H and O–H groups in total. The van der Waals surface area contributed by atoms with Crippen molar-refractivity contribution >= 4 is 0 Å². The standard InChI is InChI=1S/C15H29NO4/c1-14(2)10(13(17)15(3,4)20-14)7-16-8-11(18-5)12(9-16)19-6/h10-13,17H,7-9H2,1-6H3. The number of aliphatic hydroxyl groups excluding tert-OH is 1. The smallest absolute Gasteiger partial charge is 0.0971 e. The van der Waals surface area contributed by atoms with Crippen molar-refractivity contribution in [2.75, 3.05) is 33.9 Å². The van der Waals surface area contributed by atoms with Crippen molar-refractivity contribution in [3.8, 4) is 0 Å². The first-order valence-corrected chi connectivity index (χ1v) is 7.37. The van der Waals surface area contributed by atoms with Crippen molar-refractivity contribution in [1.29, 1.82) is 0 Å². The summed E-state index contributed by atoms with van der Waals surface area (Å²) in [7, 11) is 3.45. The lowest BCUT2D eigenvalue weighted by atomic mass is 9.84. The van der Waals surface area contributed by atoms with Gasteiger partial charge in [-0.15, -0.1) is 0 Å². The molecule has 0 aromatic rings. The SMILES string of the molecule is COC1CN(CC2C(O)C(C)(C)OC2(C)C)CC1OC. The number of nitrogens with zero attached hydrogens (tertiary/aromatic N) is 1. The largest absolute Gasteiger partial charge is 0.390 e. The fourth-order valence-corrected chi connectivity index (χ4v) is 3.70. The molecule has 2 aliphatic rings. The Labute approximate surface area is 122 Å². The van der Waals surface area contributed by atoms with Gasteiger partial charge >= 0.3 is 0 Å². The molecule has 0 saturated carbocycles. The highest BCUT2D eigenvalue weighted by molar-refractivity contribution is 5.03. The first-order valence-electron chi connectivity index (χ1n) is 7.37. The Bertz CT molecular complexity index is 333. The Morgan fingerprint density at radius 1 is 1.05 bits per heavy atom. The second-order valence-corrected chi connectivity index (χ2v) is 7.13. The van der Waals surface area contributed by atoms with E-state index in [1.807, 2.05) is 13.8 Å². The van der Waals surface area contributed by atoms with E-state index in [4.69, 9.17) is 14.2 Å². The lowest BCUT2D eigenvalue weighted by molar-refractivity contribution is -0.0913. The zero-order valence-electron chi connectivity index (χ0n) is 13.5. The molecule has 20 heavy (non-hydrogen) atoms. The number of hydrogen-bond acceptors (Lipinski definition) is 5. The summed E-state index contributed by atoms with van der Waals surface area (Å²) in [5, 5.41) is 10.5. The van der Waals surface area contributed by atoms with Gasteiger partial charge in [0.1, 0.15) is 0 Å². The summed E-state index contributed by atoms with van der Waals surface area (Å²) in [5.41, 5.74) is -0.814. The summed E-state index contributed by atoms with van der Waals surface area (Å²) in [6.45, 7) is 10.5. The van der Waals surface area contributed by atoms with Gasteiger partial charge < -0.3 is 19.3 Å². The second-order valence-electron chi connectivity index (χ2n) is 7.13. The van der Waals surface area contributed by atoms with Crippen molar-refractivity contribution in [3.05, 3.63) is 0 Å². The lowest BCUT2D eigenvalue weighted by Crippen LogP contribution is -2.43. The molecule has 2 saturated heterocycles. The molecule has 2 fully saturated rings. The molecule has 5 nitrogen and oxygen atoms in total. The summed E-state index contributed by atoms with van der Waals surface area (Å²) >= 11 is 0. The molecular weight excluding hydrogens is 258 g/mol.